The minimum Gasteiger partial charge on any atom is -0.367 e. The molecular formula is C25H24Cl2N2OS. The van der Waals surface area contributed by atoms with Crippen LogP contribution in [-0.2, 0) is 18.7 Å². The standard InChI is InChI=1S/C25H24Cl2N2OS/c26-22-5-3-6-23(27)21(22)17-31-15-13-28-25(30)20-10-8-18(9-11-20)16-29-14-12-19-4-1-2-7-24(19)29/h1-11H,12-17H2,(H,28,30). The molecule has 0 aromatic heterocycles. The van der Waals surface area contributed by atoms with Crippen molar-refractivity contribution < 1.29 is 4.79 Å². The van der Waals surface area contributed by atoms with Crippen molar-refractivity contribution in [3.8, 4) is 0 Å². The van der Waals surface area contributed by atoms with Crippen LogP contribution >= 0.6 is 35.0 Å². The molecule has 3 aromatic rings. The third-order valence-electron chi connectivity index (χ3n) is 5.41. The van der Waals surface area contributed by atoms with Crippen LogP contribution in [0.5, 0.6) is 0 Å². The van der Waals surface area contributed by atoms with Gasteiger partial charge < -0.3 is 10.2 Å². The van der Waals surface area contributed by atoms with Gasteiger partial charge in [-0.05, 0) is 53.4 Å². The molecular weight excluding hydrogens is 447 g/mol. The van der Waals surface area contributed by atoms with Crippen molar-refractivity contribution in [2.75, 3.05) is 23.7 Å². The van der Waals surface area contributed by atoms with Crippen molar-refractivity contribution in [1.82, 2.24) is 5.32 Å². The number of halogens is 2. The van der Waals surface area contributed by atoms with Crippen LogP contribution in [0.1, 0.15) is 27.0 Å². The van der Waals surface area contributed by atoms with Crippen LogP contribution in [0.4, 0.5) is 5.69 Å². The van der Waals surface area contributed by atoms with E-state index in [1.54, 1.807) is 11.8 Å². The molecule has 0 spiro atoms. The van der Waals surface area contributed by atoms with Gasteiger partial charge in [0.2, 0.25) is 0 Å². The lowest BCUT2D eigenvalue weighted by atomic mass is 10.1. The number of carbonyl (C=O) groups is 1. The van der Waals surface area contributed by atoms with Gasteiger partial charge in [-0.1, -0.05) is 59.6 Å². The van der Waals surface area contributed by atoms with Gasteiger partial charge in [-0.3, -0.25) is 4.79 Å². The number of hydrogen-bond donors (Lipinski definition) is 1. The van der Waals surface area contributed by atoms with Crippen LogP contribution in [-0.4, -0.2) is 24.7 Å². The Labute approximate surface area is 197 Å². The number of nitrogens with zero attached hydrogens (tertiary/aromatic N) is 1. The van der Waals surface area contributed by atoms with Crippen LogP contribution in [0.2, 0.25) is 10.0 Å². The number of thioether (sulfide) groups is 1. The van der Waals surface area contributed by atoms with Gasteiger partial charge in [0.25, 0.3) is 5.91 Å². The topological polar surface area (TPSA) is 32.3 Å². The van der Waals surface area contributed by atoms with Gasteiger partial charge in [-0.2, -0.15) is 11.8 Å². The van der Waals surface area contributed by atoms with Crippen LogP contribution in [0, 0.1) is 0 Å². The second-order valence-electron chi connectivity index (χ2n) is 7.51. The molecule has 0 unspecified atom stereocenters. The van der Waals surface area contributed by atoms with Crippen molar-refractivity contribution in [2.45, 2.75) is 18.7 Å². The van der Waals surface area contributed by atoms with E-state index in [4.69, 9.17) is 23.2 Å². The average molecular weight is 471 g/mol. The first kappa shape index (κ1) is 22.1. The summed E-state index contributed by atoms with van der Waals surface area (Å²) < 4.78 is 0. The molecule has 0 atom stereocenters. The molecule has 0 saturated heterocycles. The SMILES string of the molecule is O=C(NCCSCc1c(Cl)cccc1Cl)c1ccc(CN2CCc3ccccc32)cc1. The summed E-state index contributed by atoms with van der Waals surface area (Å²) in [6.45, 7) is 2.50. The molecule has 0 saturated carbocycles. The number of rotatable bonds is 8. The zero-order valence-corrected chi connectivity index (χ0v) is 19.4. The maximum Gasteiger partial charge on any atom is 0.251 e. The second kappa shape index (κ2) is 10.4. The Morgan fingerprint density at radius 2 is 1.71 bits per heavy atom. The number of benzene rings is 3. The summed E-state index contributed by atoms with van der Waals surface area (Å²) in [4.78, 5) is 14.8. The number of carbonyl (C=O) groups excluding carboxylic acids is 1. The molecule has 0 radical (unpaired) electrons. The Hall–Kier alpha value is -2.14. The second-order valence-corrected chi connectivity index (χ2v) is 9.43. The van der Waals surface area contributed by atoms with E-state index in [0.29, 0.717) is 22.2 Å². The van der Waals surface area contributed by atoms with Gasteiger partial charge in [-0.15, -0.1) is 0 Å². The Bertz CT molecular complexity index is 1040. The molecule has 1 heterocycles. The number of anilines is 1. The molecule has 1 aliphatic heterocycles. The van der Waals surface area contributed by atoms with Gasteiger partial charge in [0, 0.05) is 52.4 Å². The van der Waals surface area contributed by atoms with Gasteiger partial charge in [-0.25, -0.2) is 0 Å². The predicted octanol–water partition coefficient (Wildman–Crippen LogP) is 6.22. The van der Waals surface area contributed by atoms with Gasteiger partial charge >= 0.3 is 0 Å². The van der Waals surface area contributed by atoms with Gasteiger partial charge in [0.1, 0.15) is 0 Å². The Morgan fingerprint density at radius 1 is 0.968 bits per heavy atom. The van der Waals surface area contributed by atoms with E-state index < -0.39 is 0 Å². The number of hydrogen-bond acceptors (Lipinski definition) is 3. The minimum absolute atomic E-state index is 0.0468. The molecule has 160 valence electrons. The van der Waals surface area contributed by atoms with E-state index in [2.05, 4.69) is 34.5 Å². The zero-order valence-electron chi connectivity index (χ0n) is 17.1. The summed E-state index contributed by atoms with van der Waals surface area (Å²) in [5.41, 5.74) is 5.57. The summed E-state index contributed by atoms with van der Waals surface area (Å²) in [5.74, 6) is 1.47. The molecule has 3 aromatic carbocycles. The van der Waals surface area contributed by atoms with Crippen molar-refractivity contribution in [2.24, 2.45) is 0 Å². The van der Waals surface area contributed by atoms with E-state index in [9.17, 15) is 4.79 Å². The normalized spacial score (nSPS) is 12.6. The number of amides is 1. The Morgan fingerprint density at radius 3 is 2.48 bits per heavy atom. The highest BCUT2D eigenvalue weighted by Crippen LogP contribution is 2.29. The zero-order chi connectivity index (χ0) is 21.6. The highest BCUT2D eigenvalue weighted by Gasteiger charge is 2.18. The molecule has 0 fully saturated rings. The highest BCUT2D eigenvalue weighted by molar-refractivity contribution is 7.98. The van der Waals surface area contributed by atoms with Crippen LogP contribution < -0.4 is 10.2 Å². The average Bonchev–Trinajstić information content (AvgIpc) is 3.18. The fraction of sp³-hybridized carbons (Fsp3) is 0.240. The fourth-order valence-corrected chi connectivity index (χ4v) is 5.33. The third-order valence-corrected chi connectivity index (χ3v) is 7.11. The lowest BCUT2D eigenvalue weighted by Crippen LogP contribution is -2.25. The van der Waals surface area contributed by atoms with Crippen LogP contribution in [0.25, 0.3) is 0 Å². The molecule has 4 rings (SSSR count). The quantitative estimate of drug-likeness (QED) is 0.396. The van der Waals surface area contributed by atoms with E-state index >= 15 is 0 Å². The minimum atomic E-state index is -0.0468. The Kier molecular flexibility index (Phi) is 7.44. The first-order valence-corrected chi connectivity index (χ1v) is 12.2. The Balaban J connectivity index is 1.22. The maximum absolute atomic E-state index is 12.4. The smallest absolute Gasteiger partial charge is 0.251 e. The van der Waals surface area contributed by atoms with E-state index in [1.807, 2.05) is 42.5 Å². The van der Waals surface area contributed by atoms with E-state index in [-0.39, 0.29) is 5.91 Å². The van der Waals surface area contributed by atoms with Crippen LogP contribution in [0.15, 0.2) is 66.7 Å². The lowest BCUT2D eigenvalue weighted by Gasteiger charge is -2.19. The molecule has 0 aliphatic carbocycles. The fourth-order valence-electron chi connectivity index (χ4n) is 3.74. The van der Waals surface area contributed by atoms with E-state index in [1.165, 1.54) is 16.8 Å². The van der Waals surface area contributed by atoms with Crippen molar-refractivity contribution in [3.63, 3.8) is 0 Å². The lowest BCUT2D eigenvalue weighted by molar-refractivity contribution is 0.0956. The summed E-state index contributed by atoms with van der Waals surface area (Å²) in [5, 5.41) is 4.35. The summed E-state index contributed by atoms with van der Waals surface area (Å²) in [6, 6.07) is 22.0. The van der Waals surface area contributed by atoms with Crippen LogP contribution in [0.3, 0.4) is 0 Å². The third kappa shape index (κ3) is 5.57. The predicted molar refractivity (Wildman–Crippen MR) is 133 cm³/mol. The maximum atomic E-state index is 12.4. The number of fused-ring (bicyclic) bond motifs is 1. The number of para-hydroxylation sites is 1. The first-order chi connectivity index (χ1) is 15.1. The summed E-state index contributed by atoms with van der Waals surface area (Å²) >= 11 is 14.1. The van der Waals surface area contributed by atoms with Gasteiger partial charge in [0.05, 0.1) is 0 Å². The molecule has 0 bridgehead atoms. The molecule has 31 heavy (non-hydrogen) atoms. The molecule has 3 nitrogen and oxygen atoms in total. The largest absolute Gasteiger partial charge is 0.367 e. The van der Waals surface area contributed by atoms with Crippen molar-refractivity contribution >= 4 is 46.6 Å². The summed E-state index contributed by atoms with van der Waals surface area (Å²) in [6.07, 6.45) is 1.09. The monoisotopic (exact) mass is 470 g/mol. The van der Waals surface area contributed by atoms with Crippen molar-refractivity contribution in [3.05, 3.63) is 99.0 Å². The molecule has 1 amide bonds. The molecule has 6 heteroatoms. The molecule has 1 aliphatic rings. The molecule has 1 N–H and O–H groups in total. The number of nitrogens with one attached hydrogen (secondary N) is 1. The highest BCUT2D eigenvalue weighted by atomic mass is 35.5. The summed E-state index contributed by atoms with van der Waals surface area (Å²) in [7, 11) is 0. The van der Waals surface area contributed by atoms with Gasteiger partial charge in [0.15, 0.2) is 0 Å². The van der Waals surface area contributed by atoms with Crippen molar-refractivity contribution in [1.29, 1.82) is 0 Å². The van der Waals surface area contributed by atoms with E-state index in [0.717, 1.165) is 36.6 Å². The first-order valence-electron chi connectivity index (χ1n) is 10.3.